The molecule has 21 heavy (non-hydrogen) atoms. The molecular formula is C16H18N4S. The van der Waals surface area contributed by atoms with Crippen LogP contribution in [-0.2, 0) is 6.42 Å². The van der Waals surface area contributed by atoms with Gasteiger partial charge in [-0.1, -0.05) is 43.3 Å². The van der Waals surface area contributed by atoms with Crippen LogP contribution >= 0.6 is 11.5 Å². The molecule has 0 unspecified atom stereocenters. The van der Waals surface area contributed by atoms with E-state index in [2.05, 4.69) is 69.4 Å². The lowest BCUT2D eigenvalue weighted by Gasteiger charge is -2.09. The topological polar surface area (TPSA) is 49.8 Å². The highest BCUT2D eigenvalue weighted by atomic mass is 32.1. The van der Waals surface area contributed by atoms with Crippen LogP contribution in [0.1, 0.15) is 12.7 Å². The van der Waals surface area contributed by atoms with Crippen molar-refractivity contribution in [2.24, 2.45) is 0 Å². The van der Waals surface area contributed by atoms with Crippen LogP contribution < -0.4 is 10.6 Å². The number of fused-ring (bicyclic) bond motifs is 1. The normalized spacial score (nSPS) is 10.7. The predicted octanol–water partition coefficient (Wildman–Crippen LogP) is 3.78. The number of hydrogen-bond donors (Lipinski definition) is 2. The molecule has 0 amide bonds. The van der Waals surface area contributed by atoms with Gasteiger partial charge in [-0.25, -0.2) is 4.98 Å². The van der Waals surface area contributed by atoms with Crippen molar-refractivity contribution >= 4 is 33.1 Å². The van der Waals surface area contributed by atoms with E-state index in [0.29, 0.717) is 0 Å². The van der Waals surface area contributed by atoms with Crippen molar-refractivity contribution in [2.75, 3.05) is 23.7 Å². The van der Waals surface area contributed by atoms with Crippen molar-refractivity contribution in [2.45, 2.75) is 13.3 Å². The number of anilines is 2. The molecule has 1 aromatic heterocycles. The zero-order valence-corrected chi connectivity index (χ0v) is 12.8. The lowest BCUT2D eigenvalue weighted by atomic mass is 10.1. The molecule has 108 valence electrons. The molecule has 0 radical (unpaired) electrons. The minimum atomic E-state index is 0.821. The number of nitrogens with zero attached hydrogens (tertiary/aromatic N) is 2. The van der Waals surface area contributed by atoms with Gasteiger partial charge >= 0.3 is 0 Å². The Balaban J connectivity index is 1.57. The van der Waals surface area contributed by atoms with Crippen LogP contribution in [0.5, 0.6) is 0 Å². The molecule has 3 aromatic rings. The van der Waals surface area contributed by atoms with Gasteiger partial charge in [0.25, 0.3) is 0 Å². The molecule has 0 spiro atoms. The third kappa shape index (κ3) is 3.31. The highest BCUT2D eigenvalue weighted by molar-refractivity contribution is 7.09. The lowest BCUT2D eigenvalue weighted by molar-refractivity contribution is 0.990. The van der Waals surface area contributed by atoms with E-state index in [1.54, 1.807) is 0 Å². The first-order valence-electron chi connectivity index (χ1n) is 7.15. The molecule has 4 nitrogen and oxygen atoms in total. The fourth-order valence-electron chi connectivity index (χ4n) is 2.22. The van der Waals surface area contributed by atoms with E-state index < -0.39 is 0 Å². The summed E-state index contributed by atoms with van der Waals surface area (Å²) in [7, 11) is 0. The summed E-state index contributed by atoms with van der Waals surface area (Å²) in [5.74, 6) is 0.907. The third-order valence-electron chi connectivity index (χ3n) is 3.29. The number of benzene rings is 2. The van der Waals surface area contributed by atoms with Gasteiger partial charge in [-0.05, 0) is 11.5 Å². The average Bonchev–Trinajstić information content (AvgIpc) is 3.00. The summed E-state index contributed by atoms with van der Waals surface area (Å²) in [5.41, 5.74) is 1.17. The monoisotopic (exact) mass is 298 g/mol. The zero-order chi connectivity index (χ0) is 14.5. The second-order valence-electron chi connectivity index (χ2n) is 4.75. The third-order valence-corrected chi connectivity index (χ3v) is 4.00. The maximum absolute atomic E-state index is 4.39. The summed E-state index contributed by atoms with van der Waals surface area (Å²) in [6.07, 6.45) is 0.881. The Morgan fingerprint density at radius 2 is 1.81 bits per heavy atom. The van der Waals surface area contributed by atoms with Gasteiger partial charge in [-0.2, -0.15) is 4.37 Å². The summed E-state index contributed by atoms with van der Waals surface area (Å²) < 4.78 is 4.26. The van der Waals surface area contributed by atoms with Crippen LogP contribution in [0.2, 0.25) is 0 Å². The number of rotatable bonds is 6. The Bertz CT molecular complexity index is 718. The van der Waals surface area contributed by atoms with Gasteiger partial charge in [0.1, 0.15) is 5.82 Å². The molecular weight excluding hydrogens is 280 g/mol. The van der Waals surface area contributed by atoms with E-state index >= 15 is 0 Å². The minimum Gasteiger partial charge on any atom is -0.383 e. The molecule has 1 heterocycles. The van der Waals surface area contributed by atoms with Crippen molar-refractivity contribution in [3.8, 4) is 0 Å². The van der Waals surface area contributed by atoms with E-state index in [-0.39, 0.29) is 0 Å². The average molecular weight is 298 g/mol. The zero-order valence-electron chi connectivity index (χ0n) is 12.0. The van der Waals surface area contributed by atoms with Gasteiger partial charge in [-0.15, -0.1) is 0 Å². The first kappa shape index (κ1) is 13.8. The SMILES string of the molecule is CCc1nsc(NCCNc2cccc3ccccc23)n1. The van der Waals surface area contributed by atoms with Crippen molar-refractivity contribution in [3.05, 3.63) is 48.3 Å². The number of hydrogen-bond acceptors (Lipinski definition) is 5. The van der Waals surface area contributed by atoms with E-state index in [1.807, 2.05) is 0 Å². The van der Waals surface area contributed by atoms with Crippen LogP contribution in [-0.4, -0.2) is 22.4 Å². The maximum Gasteiger partial charge on any atom is 0.202 e. The van der Waals surface area contributed by atoms with Gasteiger partial charge in [-0.3, -0.25) is 0 Å². The van der Waals surface area contributed by atoms with E-state index in [1.165, 1.54) is 28.0 Å². The van der Waals surface area contributed by atoms with Crippen LogP contribution in [0.3, 0.4) is 0 Å². The number of aromatic nitrogens is 2. The summed E-state index contributed by atoms with van der Waals surface area (Å²) in [5, 5.41) is 10.2. The second-order valence-corrected chi connectivity index (χ2v) is 5.50. The summed E-state index contributed by atoms with van der Waals surface area (Å²) in [6.45, 7) is 3.73. The predicted molar refractivity (Wildman–Crippen MR) is 90.2 cm³/mol. The number of aryl methyl sites for hydroxylation is 1. The molecule has 2 aromatic carbocycles. The Hall–Kier alpha value is -2.14. The molecule has 0 saturated carbocycles. The van der Waals surface area contributed by atoms with Crippen LogP contribution in [0.15, 0.2) is 42.5 Å². The van der Waals surface area contributed by atoms with E-state index in [4.69, 9.17) is 0 Å². The first-order chi connectivity index (χ1) is 10.4. The largest absolute Gasteiger partial charge is 0.383 e. The molecule has 0 aliphatic heterocycles. The fraction of sp³-hybridized carbons (Fsp3) is 0.250. The summed E-state index contributed by atoms with van der Waals surface area (Å²) in [4.78, 5) is 4.39. The van der Waals surface area contributed by atoms with Crippen molar-refractivity contribution in [1.82, 2.24) is 9.36 Å². The molecule has 2 N–H and O–H groups in total. The molecule has 0 saturated heterocycles. The van der Waals surface area contributed by atoms with Crippen molar-refractivity contribution < 1.29 is 0 Å². The maximum atomic E-state index is 4.39. The quantitative estimate of drug-likeness (QED) is 0.680. The highest BCUT2D eigenvalue weighted by Gasteiger charge is 2.02. The smallest absolute Gasteiger partial charge is 0.202 e. The molecule has 0 aliphatic carbocycles. The van der Waals surface area contributed by atoms with Crippen LogP contribution in [0.25, 0.3) is 10.8 Å². The van der Waals surface area contributed by atoms with Gasteiger partial charge in [0.15, 0.2) is 0 Å². The molecule has 0 bridgehead atoms. The Labute approximate surface area is 128 Å². The van der Waals surface area contributed by atoms with Gasteiger partial charge in [0, 0.05) is 42.1 Å². The molecule has 5 heteroatoms. The van der Waals surface area contributed by atoms with Crippen LogP contribution in [0.4, 0.5) is 10.8 Å². The molecule has 0 fully saturated rings. The highest BCUT2D eigenvalue weighted by Crippen LogP contribution is 2.22. The van der Waals surface area contributed by atoms with E-state index in [9.17, 15) is 0 Å². The standard InChI is InChI=1S/C16H18N4S/c1-2-15-19-16(21-20-15)18-11-10-17-14-9-5-7-12-6-3-4-8-13(12)14/h3-9,17H,2,10-11H2,1H3,(H,18,19,20). The fourth-order valence-corrected chi connectivity index (χ4v) is 2.89. The second kappa shape index (κ2) is 6.54. The molecule has 0 aliphatic rings. The summed E-state index contributed by atoms with van der Waals surface area (Å²) in [6, 6.07) is 14.7. The first-order valence-corrected chi connectivity index (χ1v) is 7.92. The van der Waals surface area contributed by atoms with E-state index in [0.717, 1.165) is 30.5 Å². The number of nitrogens with one attached hydrogen (secondary N) is 2. The van der Waals surface area contributed by atoms with Gasteiger partial charge < -0.3 is 10.6 Å². The minimum absolute atomic E-state index is 0.821. The summed E-state index contributed by atoms with van der Waals surface area (Å²) >= 11 is 1.42. The van der Waals surface area contributed by atoms with Crippen LogP contribution in [0, 0.1) is 0 Å². The van der Waals surface area contributed by atoms with Crippen molar-refractivity contribution in [1.29, 1.82) is 0 Å². The Kier molecular flexibility index (Phi) is 4.31. The Morgan fingerprint density at radius 3 is 2.67 bits per heavy atom. The Morgan fingerprint density at radius 1 is 1.00 bits per heavy atom. The lowest BCUT2D eigenvalue weighted by Crippen LogP contribution is -2.13. The van der Waals surface area contributed by atoms with Gasteiger partial charge in [0.05, 0.1) is 0 Å². The van der Waals surface area contributed by atoms with Gasteiger partial charge in [0.2, 0.25) is 5.13 Å². The van der Waals surface area contributed by atoms with Crippen molar-refractivity contribution in [3.63, 3.8) is 0 Å². The molecule has 0 atom stereocenters. The molecule has 3 rings (SSSR count).